The molecule has 0 saturated carbocycles. The predicted molar refractivity (Wildman–Crippen MR) is 89.9 cm³/mol. The standard InChI is InChI=1S/C17H22N4O3/c22-17(20-5-4-19-15-2-1-3-18-11-15)14-10-16(24-13-14)12-21-6-8-23-9-7-21/h1-3,10-11,13,19H,4-9,12H2,(H,20,22). The van der Waals surface area contributed by atoms with Crippen LogP contribution in [-0.4, -0.2) is 55.2 Å². The van der Waals surface area contributed by atoms with Gasteiger partial charge in [-0.1, -0.05) is 0 Å². The third kappa shape index (κ3) is 4.81. The van der Waals surface area contributed by atoms with Crippen LogP contribution in [0.5, 0.6) is 0 Å². The van der Waals surface area contributed by atoms with Gasteiger partial charge in [-0.15, -0.1) is 0 Å². The normalized spacial score (nSPS) is 15.2. The van der Waals surface area contributed by atoms with Crippen molar-refractivity contribution in [3.8, 4) is 0 Å². The van der Waals surface area contributed by atoms with Gasteiger partial charge in [-0.05, 0) is 18.2 Å². The largest absolute Gasteiger partial charge is 0.467 e. The van der Waals surface area contributed by atoms with Gasteiger partial charge in [-0.3, -0.25) is 14.7 Å². The van der Waals surface area contributed by atoms with Crippen LogP contribution in [0.25, 0.3) is 0 Å². The SMILES string of the molecule is O=C(NCCNc1cccnc1)c1coc(CN2CCOCC2)c1. The van der Waals surface area contributed by atoms with Gasteiger partial charge in [0.05, 0.1) is 31.0 Å². The van der Waals surface area contributed by atoms with E-state index < -0.39 is 0 Å². The Balaban J connectivity index is 1.40. The van der Waals surface area contributed by atoms with E-state index in [1.54, 1.807) is 18.5 Å². The first-order valence-electron chi connectivity index (χ1n) is 8.11. The maximum Gasteiger partial charge on any atom is 0.254 e. The molecule has 0 spiro atoms. The Bertz CT molecular complexity index is 638. The van der Waals surface area contributed by atoms with Crippen molar-refractivity contribution in [3.63, 3.8) is 0 Å². The van der Waals surface area contributed by atoms with E-state index in [4.69, 9.17) is 9.15 Å². The van der Waals surface area contributed by atoms with E-state index in [0.717, 1.165) is 37.8 Å². The number of anilines is 1. The number of hydrogen-bond acceptors (Lipinski definition) is 6. The molecular formula is C17H22N4O3. The Morgan fingerprint density at radius 1 is 1.29 bits per heavy atom. The summed E-state index contributed by atoms with van der Waals surface area (Å²) in [4.78, 5) is 18.4. The summed E-state index contributed by atoms with van der Waals surface area (Å²) >= 11 is 0. The molecule has 1 saturated heterocycles. The van der Waals surface area contributed by atoms with E-state index in [-0.39, 0.29) is 5.91 Å². The summed E-state index contributed by atoms with van der Waals surface area (Å²) in [5, 5.41) is 6.06. The van der Waals surface area contributed by atoms with Crippen molar-refractivity contribution in [1.82, 2.24) is 15.2 Å². The number of ether oxygens (including phenoxy) is 1. The fourth-order valence-corrected chi connectivity index (χ4v) is 2.51. The lowest BCUT2D eigenvalue weighted by Gasteiger charge is -2.25. The Morgan fingerprint density at radius 2 is 2.17 bits per heavy atom. The summed E-state index contributed by atoms with van der Waals surface area (Å²) in [6.45, 7) is 5.15. The first-order valence-corrected chi connectivity index (χ1v) is 8.11. The molecular weight excluding hydrogens is 308 g/mol. The molecule has 7 nitrogen and oxygen atoms in total. The number of nitrogens with one attached hydrogen (secondary N) is 2. The van der Waals surface area contributed by atoms with E-state index in [1.807, 2.05) is 12.1 Å². The molecule has 0 aliphatic carbocycles. The summed E-state index contributed by atoms with van der Waals surface area (Å²) in [6.07, 6.45) is 4.98. The van der Waals surface area contributed by atoms with Gasteiger partial charge < -0.3 is 19.8 Å². The van der Waals surface area contributed by atoms with Crippen LogP contribution >= 0.6 is 0 Å². The van der Waals surface area contributed by atoms with Crippen LogP contribution in [0, 0.1) is 0 Å². The highest BCUT2D eigenvalue weighted by Crippen LogP contribution is 2.11. The second-order valence-electron chi connectivity index (χ2n) is 5.61. The summed E-state index contributed by atoms with van der Waals surface area (Å²) in [6, 6.07) is 5.60. The molecule has 0 atom stereocenters. The number of carbonyl (C=O) groups is 1. The van der Waals surface area contributed by atoms with Crippen molar-refractivity contribution in [2.45, 2.75) is 6.54 Å². The minimum atomic E-state index is -0.125. The molecule has 1 fully saturated rings. The number of morpholine rings is 1. The van der Waals surface area contributed by atoms with Crippen LogP contribution in [0.4, 0.5) is 5.69 Å². The molecule has 1 amide bonds. The number of rotatable bonds is 7. The average molecular weight is 330 g/mol. The average Bonchev–Trinajstić information content (AvgIpc) is 3.09. The molecule has 0 bridgehead atoms. The molecule has 2 N–H and O–H groups in total. The molecule has 0 radical (unpaired) electrons. The van der Waals surface area contributed by atoms with Crippen molar-refractivity contribution in [2.75, 3.05) is 44.7 Å². The number of furan rings is 1. The van der Waals surface area contributed by atoms with Gasteiger partial charge in [0.1, 0.15) is 12.0 Å². The molecule has 0 unspecified atom stereocenters. The molecule has 1 aliphatic rings. The van der Waals surface area contributed by atoms with Gasteiger partial charge in [0.2, 0.25) is 0 Å². The molecule has 1 aliphatic heterocycles. The van der Waals surface area contributed by atoms with Crippen molar-refractivity contribution < 1.29 is 13.9 Å². The first kappa shape index (κ1) is 16.5. The Hall–Kier alpha value is -2.38. The number of hydrogen-bond donors (Lipinski definition) is 2. The molecule has 128 valence electrons. The molecule has 2 aromatic rings. The third-order valence-corrected chi connectivity index (χ3v) is 3.80. The highest BCUT2D eigenvalue weighted by molar-refractivity contribution is 5.93. The van der Waals surface area contributed by atoms with Crippen molar-refractivity contribution >= 4 is 11.6 Å². The van der Waals surface area contributed by atoms with Crippen LogP contribution in [0.15, 0.2) is 41.3 Å². The monoisotopic (exact) mass is 330 g/mol. The van der Waals surface area contributed by atoms with Crippen molar-refractivity contribution in [2.24, 2.45) is 0 Å². The number of aromatic nitrogens is 1. The van der Waals surface area contributed by atoms with Crippen molar-refractivity contribution in [3.05, 3.63) is 48.2 Å². The van der Waals surface area contributed by atoms with E-state index >= 15 is 0 Å². The number of nitrogens with zero attached hydrogens (tertiary/aromatic N) is 2. The van der Waals surface area contributed by atoms with Gasteiger partial charge in [0.25, 0.3) is 5.91 Å². The smallest absolute Gasteiger partial charge is 0.254 e. The summed E-state index contributed by atoms with van der Waals surface area (Å²) in [5.41, 5.74) is 1.49. The van der Waals surface area contributed by atoms with Gasteiger partial charge in [-0.2, -0.15) is 0 Å². The Morgan fingerprint density at radius 3 is 2.96 bits per heavy atom. The molecule has 0 aromatic carbocycles. The lowest BCUT2D eigenvalue weighted by Crippen LogP contribution is -2.35. The van der Waals surface area contributed by atoms with Crippen LogP contribution in [-0.2, 0) is 11.3 Å². The lowest BCUT2D eigenvalue weighted by molar-refractivity contribution is 0.0313. The predicted octanol–water partition coefficient (Wildman–Crippen LogP) is 1.35. The van der Waals surface area contributed by atoms with E-state index in [0.29, 0.717) is 25.2 Å². The second kappa shape index (κ2) is 8.47. The molecule has 7 heteroatoms. The van der Waals surface area contributed by atoms with Crippen LogP contribution in [0.3, 0.4) is 0 Å². The van der Waals surface area contributed by atoms with Crippen molar-refractivity contribution in [1.29, 1.82) is 0 Å². The molecule has 2 aromatic heterocycles. The Labute approximate surface area is 141 Å². The van der Waals surface area contributed by atoms with E-state index in [1.165, 1.54) is 6.26 Å². The minimum Gasteiger partial charge on any atom is -0.467 e. The summed E-state index contributed by atoms with van der Waals surface area (Å²) in [7, 11) is 0. The summed E-state index contributed by atoms with van der Waals surface area (Å²) < 4.78 is 10.8. The number of amides is 1. The van der Waals surface area contributed by atoms with Gasteiger partial charge in [0, 0.05) is 38.6 Å². The number of pyridine rings is 1. The highest BCUT2D eigenvalue weighted by Gasteiger charge is 2.15. The fraction of sp³-hybridized carbons (Fsp3) is 0.412. The molecule has 3 rings (SSSR count). The van der Waals surface area contributed by atoms with E-state index in [9.17, 15) is 4.79 Å². The lowest BCUT2D eigenvalue weighted by atomic mass is 10.2. The summed E-state index contributed by atoms with van der Waals surface area (Å²) in [5.74, 6) is 0.676. The van der Waals surface area contributed by atoms with Gasteiger partial charge in [0.15, 0.2) is 0 Å². The first-order chi connectivity index (χ1) is 11.8. The van der Waals surface area contributed by atoms with Gasteiger partial charge in [-0.25, -0.2) is 0 Å². The fourth-order valence-electron chi connectivity index (χ4n) is 2.51. The maximum absolute atomic E-state index is 12.1. The van der Waals surface area contributed by atoms with Crippen LogP contribution in [0.2, 0.25) is 0 Å². The van der Waals surface area contributed by atoms with E-state index in [2.05, 4.69) is 20.5 Å². The zero-order valence-electron chi connectivity index (χ0n) is 13.5. The maximum atomic E-state index is 12.1. The number of carbonyl (C=O) groups excluding carboxylic acids is 1. The second-order valence-corrected chi connectivity index (χ2v) is 5.61. The zero-order valence-corrected chi connectivity index (χ0v) is 13.5. The molecule has 24 heavy (non-hydrogen) atoms. The minimum absolute atomic E-state index is 0.125. The topological polar surface area (TPSA) is 79.6 Å². The highest BCUT2D eigenvalue weighted by atomic mass is 16.5. The van der Waals surface area contributed by atoms with Crippen LogP contribution in [0.1, 0.15) is 16.1 Å². The Kier molecular flexibility index (Phi) is 5.81. The quantitative estimate of drug-likeness (QED) is 0.746. The van der Waals surface area contributed by atoms with Gasteiger partial charge >= 0.3 is 0 Å². The zero-order chi connectivity index (χ0) is 16.6. The van der Waals surface area contributed by atoms with Crippen LogP contribution < -0.4 is 10.6 Å². The third-order valence-electron chi connectivity index (χ3n) is 3.80. The molecule has 3 heterocycles.